The first-order valence-corrected chi connectivity index (χ1v) is 10.7. The molecule has 0 aliphatic carbocycles. The lowest BCUT2D eigenvalue weighted by Crippen LogP contribution is -2.14. The van der Waals surface area contributed by atoms with E-state index in [1.165, 1.54) is 23.9 Å². The van der Waals surface area contributed by atoms with Crippen LogP contribution in [0.15, 0.2) is 72.8 Å². The Morgan fingerprint density at radius 2 is 1.75 bits per heavy atom. The number of thiazole rings is 1. The second-order valence-electron chi connectivity index (χ2n) is 6.20. The van der Waals surface area contributed by atoms with Crippen LogP contribution in [-0.4, -0.2) is 16.6 Å². The van der Waals surface area contributed by atoms with Gasteiger partial charge >= 0.3 is 0 Å². The fourth-order valence-corrected chi connectivity index (χ4v) is 4.59. The lowest BCUT2D eigenvalue weighted by molar-refractivity contribution is -0.113. The zero-order chi connectivity index (χ0) is 19.3. The summed E-state index contributed by atoms with van der Waals surface area (Å²) >= 11 is 3.11. The number of nitrogens with zero attached hydrogens (tertiary/aromatic N) is 1. The zero-order valence-electron chi connectivity index (χ0n) is 14.9. The van der Waals surface area contributed by atoms with Crippen LogP contribution in [0.1, 0.15) is 5.56 Å². The lowest BCUT2D eigenvalue weighted by Gasteiger charge is -2.09. The Balaban J connectivity index is 1.43. The first-order valence-electron chi connectivity index (χ1n) is 8.76. The largest absolute Gasteiger partial charge is 0.325 e. The van der Waals surface area contributed by atoms with Crippen LogP contribution in [0.25, 0.3) is 20.8 Å². The number of hydrogen-bond acceptors (Lipinski definition) is 4. The minimum Gasteiger partial charge on any atom is -0.325 e. The molecule has 0 aliphatic rings. The third-order valence-electron chi connectivity index (χ3n) is 4.14. The third-order valence-corrected chi connectivity index (χ3v) is 6.21. The molecule has 0 bridgehead atoms. The number of hydrogen-bond donors (Lipinski definition) is 1. The highest BCUT2D eigenvalue weighted by atomic mass is 32.2. The van der Waals surface area contributed by atoms with Crippen LogP contribution >= 0.6 is 23.1 Å². The van der Waals surface area contributed by atoms with E-state index in [0.717, 1.165) is 32.0 Å². The Hall–Kier alpha value is -2.70. The molecule has 0 atom stereocenters. The van der Waals surface area contributed by atoms with E-state index in [2.05, 4.69) is 5.32 Å². The van der Waals surface area contributed by atoms with Crippen molar-refractivity contribution in [2.45, 2.75) is 5.75 Å². The summed E-state index contributed by atoms with van der Waals surface area (Å²) in [5.74, 6) is 0.664. The summed E-state index contributed by atoms with van der Waals surface area (Å²) in [5, 5.41) is 3.88. The maximum Gasteiger partial charge on any atom is 0.234 e. The van der Waals surface area contributed by atoms with Crippen molar-refractivity contribution in [3.05, 3.63) is 84.2 Å². The molecule has 1 heterocycles. The number of amides is 1. The van der Waals surface area contributed by atoms with E-state index in [-0.39, 0.29) is 11.7 Å². The fraction of sp³-hybridized carbons (Fsp3) is 0.0909. The predicted molar refractivity (Wildman–Crippen MR) is 116 cm³/mol. The molecule has 0 radical (unpaired) electrons. The van der Waals surface area contributed by atoms with E-state index in [4.69, 9.17) is 4.98 Å². The van der Waals surface area contributed by atoms with Crippen molar-refractivity contribution in [3.8, 4) is 10.6 Å². The minimum atomic E-state index is -0.252. The highest BCUT2D eigenvalue weighted by molar-refractivity contribution is 7.99. The number of rotatable bonds is 6. The number of aromatic nitrogens is 1. The van der Waals surface area contributed by atoms with Gasteiger partial charge in [0.2, 0.25) is 5.91 Å². The van der Waals surface area contributed by atoms with Crippen molar-refractivity contribution in [2.24, 2.45) is 0 Å². The van der Waals surface area contributed by atoms with Gasteiger partial charge in [-0.25, -0.2) is 9.37 Å². The molecule has 3 nitrogen and oxygen atoms in total. The highest BCUT2D eigenvalue weighted by Gasteiger charge is 2.12. The van der Waals surface area contributed by atoms with Crippen LogP contribution in [0, 0.1) is 5.82 Å². The molecule has 1 N–H and O–H groups in total. The van der Waals surface area contributed by atoms with Gasteiger partial charge in [-0.05, 0) is 42.0 Å². The van der Waals surface area contributed by atoms with E-state index in [1.54, 1.807) is 23.5 Å². The van der Waals surface area contributed by atoms with Crippen molar-refractivity contribution < 1.29 is 9.18 Å². The summed E-state index contributed by atoms with van der Waals surface area (Å²) in [4.78, 5) is 17.1. The Morgan fingerprint density at radius 3 is 2.57 bits per heavy atom. The molecular weight excluding hydrogens is 391 g/mol. The zero-order valence-corrected chi connectivity index (χ0v) is 16.5. The van der Waals surface area contributed by atoms with Gasteiger partial charge in [-0.2, -0.15) is 0 Å². The molecule has 0 spiro atoms. The van der Waals surface area contributed by atoms with Crippen LogP contribution in [0.2, 0.25) is 0 Å². The Labute approximate surface area is 170 Å². The van der Waals surface area contributed by atoms with Gasteiger partial charge in [-0.15, -0.1) is 23.1 Å². The SMILES string of the molecule is O=C(CSCc1ccc(F)cc1)Nc1ccccc1-c1nc2ccccc2s1. The molecule has 4 aromatic rings. The first-order chi connectivity index (χ1) is 13.7. The van der Waals surface area contributed by atoms with Crippen LogP contribution in [-0.2, 0) is 10.5 Å². The number of thioether (sulfide) groups is 1. The normalized spacial score (nSPS) is 10.9. The third kappa shape index (κ3) is 4.40. The van der Waals surface area contributed by atoms with E-state index in [0.29, 0.717) is 11.5 Å². The maximum absolute atomic E-state index is 12.9. The summed E-state index contributed by atoms with van der Waals surface area (Å²) < 4.78 is 14.1. The van der Waals surface area contributed by atoms with Gasteiger partial charge in [0.15, 0.2) is 0 Å². The minimum absolute atomic E-state index is 0.0688. The van der Waals surface area contributed by atoms with E-state index in [9.17, 15) is 9.18 Å². The van der Waals surface area contributed by atoms with Crippen molar-refractivity contribution >= 4 is 44.9 Å². The van der Waals surface area contributed by atoms with Crippen molar-refractivity contribution in [3.63, 3.8) is 0 Å². The molecule has 1 amide bonds. The second-order valence-corrected chi connectivity index (χ2v) is 8.22. The molecule has 0 saturated heterocycles. The number of para-hydroxylation sites is 2. The van der Waals surface area contributed by atoms with E-state index in [1.807, 2.05) is 48.5 Å². The average Bonchev–Trinajstić information content (AvgIpc) is 3.14. The quantitative estimate of drug-likeness (QED) is 0.427. The van der Waals surface area contributed by atoms with Gasteiger partial charge < -0.3 is 5.32 Å². The predicted octanol–water partition coefficient (Wildman–Crippen LogP) is 5.97. The summed E-state index contributed by atoms with van der Waals surface area (Å²) in [6.45, 7) is 0. The smallest absolute Gasteiger partial charge is 0.234 e. The molecule has 0 saturated carbocycles. The van der Waals surface area contributed by atoms with Crippen LogP contribution in [0.5, 0.6) is 0 Å². The highest BCUT2D eigenvalue weighted by Crippen LogP contribution is 2.34. The number of benzene rings is 3. The Morgan fingerprint density at radius 1 is 1.00 bits per heavy atom. The van der Waals surface area contributed by atoms with Crippen molar-refractivity contribution in [1.29, 1.82) is 0 Å². The number of nitrogens with one attached hydrogen (secondary N) is 1. The van der Waals surface area contributed by atoms with Crippen molar-refractivity contribution in [1.82, 2.24) is 4.98 Å². The molecule has 0 unspecified atom stereocenters. The summed E-state index contributed by atoms with van der Waals surface area (Å²) in [7, 11) is 0. The molecule has 1 aromatic heterocycles. The standard InChI is InChI=1S/C22H17FN2OS2/c23-16-11-9-15(10-12-16)13-27-14-21(26)24-18-6-2-1-5-17(18)22-25-19-7-3-4-8-20(19)28-22/h1-12H,13-14H2,(H,24,26). The number of carbonyl (C=O) groups is 1. The van der Waals surface area contributed by atoms with Gasteiger partial charge in [0, 0.05) is 11.3 Å². The molecule has 3 aromatic carbocycles. The Kier molecular flexibility index (Phi) is 5.69. The van der Waals surface area contributed by atoms with Gasteiger partial charge in [-0.1, -0.05) is 36.4 Å². The molecular formula is C22H17FN2OS2. The van der Waals surface area contributed by atoms with Crippen LogP contribution in [0.4, 0.5) is 10.1 Å². The fourth-order valence-electron chi connectivity index (χ4n) is 2.79. The van der Waals surface area contributed by atoms with Crippen molar-refractivity contribution in [2.75, 3.05) is 11.1 Å². The van der Waals surface area contributed by atoms with Gasteiger partial charge in [0.25, 0.3) is 0 Å². The molecule has 4 rings (SSSR count). The number of halogens is 1. The monoisotopic (exact) mass is 408 g/mol. The maximum atomic E-state index is 12.9. The summed E-state index contributed by atoms with van der Waals surface area (Å²) in [5.41, 5.74) is 3.63. The first kappa shape index (κ1) is 18.7. The van der Waals surface area contributed by atoms with Crippen LogP contribution in [0.3, 0.4) is 0 Å². The van der Waals surface area contributed by atoms with Gasteiger partial charge in [-0.3, -0.25) is 4.79 Å². The summed E-state index contributed by atoms with van der Waals surface area (Å²) in [6, 6.07) is 22.1. The average molecular weight is 409 g/mol. The molecule has 140 valence electrons. The van der Waals surface area contributed by atoms with E-state index < -0.39 is 0 Å². The van der Waals surface area contributed by atoms with Gasteiger partial charge in [0.05, 0.1) is 21.7 Å². The molecule has 0 aliphatic heterocycles. The molecule has 6 heteroatoms. The molecule has 0 fully saturated rings. The lowest BCUT2D eigenvalue weighted by atomic mass is 10.2. The molecule has 28 heavy (non-hydrogen) atoms. The topological polar surface area (TPSA) is 42.0 Å². The number of anilines is 1. The van der Waals surface area contributed by atoms with E-state index >= 15 is 0 Å². The number of fused-ring (bicyclic) bond motifs is 1. The Bertz CT molecular complexity index is 1080. The number of carbonyl (C=O) groups excluding carboxylic acids is 1. The van der Waals surface area contributed by atoms with Gasteiger partial charge in [0.1, 0.15) is 10.8 Å². The second kappa shape index (κ2) is 8.54. The summed E-state index contributed by atoms with van der Waals surface area (Å²) in [6.07, 6.45) is 0. The van der Waals surface area contributed by atoms with Crippen LogP contribution < -0.4 is 5.32 Å².